The van der Waals surface area contributed by atoms with Crippen molar-refractivity contribution in [2.75, 3.05) is 0 Å². The van der Waals surface area contributed by atoms with Gasteiger partial charge in [0.1, 0.15) is 0 Å². The van der Waals surface area contributed by atoms with E-state index in [1.165, 1.54) is 0 Å². The first kappa shape index (κ1) is 15.7. The van der Waals surface area contributed by atoms with E-state index in [1.54, 1.807) is 24.3 Å². The molecule has 0 fully saturated rings. The maximum Gasteiger partial charge on any atom is 0.306 e. The van der Waals surface area contributed by atoms with E-state index in [-0.39, 0.29) is 11.8 Å². The third-order valence-electron chi connectivity index (χ3n) is 2.67. The smallest absolute Gasteiger partial charge is 0.306 e. The standard InChI is InChI=1S/C15H19ClO3/c1-3-5-13(17)15(19-14(18)6-4-2)11-7-9-12(16)10-8-11/h7-10,15H,3-6H2,1-2H3. The average molecular weight is 283 g/mol. The zero-order chi connectivity index (χ0) is 14.3. The molecule has 0 bridgehead atoms. The van der Waals surface area contributed by atoms with Crippen LogP contribution in [0.2, 0.25) is 5.02 Å². The van der Waals surface area contributed by atoms with Gasteiger partial charge in [-0.3, -0.25) is 9.59 Å². The summed E-state index contributed by atoms with van der Waals surface area (Å²) in [5.41, 5.74) is 0.673. The van der Waals surface area contributed by atoms with Gasteiger partial charge in [-0.2, -0.15) is 0 Å². The number of hydrogen-bond acceptors (Lipinski definition) is 3. The minimum atomic E-state index is -0.809. The highest BCUT2D eigenvalue weighted by Crippen LogP contribution is 2.23. The van der Waals surface area contributed by atoms with Gasteiger partial charge in [-0.15, -0.1) is 0 Å². The molecule has 0 aliphatic heterocycles. The van der Waals surface area contributed by atoms with Gasteiger partial charge in [-0.05, 0) is 25.0 Å². The summed E-state index contributed by atoms with van der Waals surface area (Å²) in [6.45, 7) is 3.82. The maximum absolute atomic E-state index is 12.1. The Kier molecular flexibility index (Phi) is 6.57. The molecule has 1 unspecified atom stereocenters. The number of Topliss-reactive ketones (excluding diaryl/α,β-unsaturated/α-hetero) is 1. The number of benzene rings is 1. The number of carbonyl (C=O) groups excluding carboxylic acids is 2. The van der Waals surface area contributed by atoms with Gasteiger partial charge < -0.3 is 4.74 Å². The van der Waals surface area contributed by atoms with E-state index >= 15 is 0 Å². The monoisotopic (exact) mass is 282 g/mol. The Morgan fingerprint density at radius 1 is 1.11 bits per heavy atom. The van der Waals surface area contributed by atoms with Gasteiger partial charge in [0.05, 0.1) is 0 Å². The molecule has 0 saturated heterocycles. The lowest BCUT2D eigenvalue weighted by atomic mass is 10.0. The van der Waals surface area contributed by atoms with Crippen molar-refractivity contribution in [3.8, 4) is 0 Å². The first-order chi connectivity index (χ1) is 9.08. The van der Waals surface area contributed by atoms with Crippen molar-refractivity contribution in [2.45, 2.75) is 45.6 Å². The number of halogens is 1. The summed E-state index contributed by atoms with van der Waals surface area (Å²) in [4.78, 5) is 23.7. The lowest BCUT2D eigenvalue weighted by Gasteiger charge is -2.17. The van der Waals surface area contributed by atoms with Crippen LogP contribution in [0, 0.1) is 0 Å². The number of esters is 1. The van der Waals surface area contributed by atoms with E-state index in [9.17, 15) is 9.59 Å². The van der Waals surface area contributed by atoms with Crippen LogP contribution in [0.3, 0.4) is 0 Å². The summed E-state index contributed by atoms with van der Waals surface area (Å²) in [5, 5.41) is 0.588. The normalized spacial score (nSPS) is 11.9. The first-order valence-corrected chi connectivity index (χ1v) is 6.94. The van der Waals surface area contributed by atoms with Gasteiger partial charge >= 0.3 is 5.97 Å². The Bertz CT molecular complexity index is 426. The van der Waals surface area contributed by atoms with Crippen LogP contribution < -0.4 is 0 Å². The van der Waals surface area contributed by atoms with E-state index in [2.05, 4.69) is 0 Å². The van der Waals surface area contributed by atoms with Gasteiger partial charge in [0.15, 0.2) is 11.9 Å². The Balaban J connectivity index is 2.88. The van der Waals surface area contributed by atoms with E-state index in [1.807, 2.05) is 13.8 Å². The van der Waals surface area contributed by atoms with Crippen LogP contribution >= 0.6 is 11.6 Å². The van der Waals surface area contributed by atoms with Crippen LogP contribution in [0.15, 0.2) is 24.3 Å². The van der Waals surface area contributed by atoms with E-state index in [4.69, 9.17) is 16.3 Å². The predicted octanol–water partition coefficient (Wildman–Crippen LogP) is 4.09. The third kappa shape index (κ3) is 5.03. The molecule has 0 aliphatic rings. The molecule has 0 N–H and O–H groups in total. The second-order valence-electron chi connectivity index (χ2n) is 4.39. The van der Waals surface area contributed by atoms with Crippen LogP contribution in [0.1, 0.15) is 51.2 Å². The maximum atomic E-state index is 12.1. The number of carbonyl (C=O) groups is 2. The molecule has 19 heavy (non-hydrogen) atoms. The lowest BCUT2D eigenvalue weighted by Crippen LogP contribution is -2.19. The van der Waals surface area contributed by atoms with Crippen molar-refractivity contribution in [3.63, 3.8) is 0 Å². The fourth-order valence-corrected chi connectivity index (χ4v) is 1.86. The van der Waals surface area contributed by atoms with Crippen molar-refractivity contribution in [1.29, 1.82) is 0 Å². The molecule has 0 saturated carbocycles. The highest BCUT2D eigenvalue weighted by atomic mass is 35.5. The summed E-state index contributed by atoms with van der Waals surface area (Å²) >= 11 is 5.82. The lowest BCUT2D eigenvalue weighted by molar-refractivity contribution is -0.155. The summed E-state index contributed by atoms with van der Waals surface area (Å²) < 4.78 is 5.30. The first-order valence-electron chi connectivity index (χ1n) is 6.56. The van der Waals surface area contributed by atoms with Crippen molar-refractivity contribution >= 4 is 23.4 Å². The fraction of sp³-hybridized carbons (Fsp3) is 0.467. The quantitative estimate of drug-likeness (QED) is 0.707. The molecule has 1 atom stereocenters. The third-order valence-corrected chi connectivity index (χ3v) is 2.92. The molecule has 0 aliphatic carbocycles. The number of rotatable bonds is 7. The van der Waals surface area contributed by atoms with Crippen LogP contribution in [0.4, 0.5) is 0 Å². The largest absolute Gasteiger partial charge is 0.449 e. The molecule has 0 spiro atoms. The molecule has 0 radical (unpaired) electrons. The summed E-state index contributed by atoms with van der Waals surface area (Å²) in [6.07, 6.45) is 1.34. The summed E-state index contributed by atoms with van der Waals surface area (Å²) in [7, 11) is 0. The van der Waals surface area contributed by atoms with Gasteiger partial charge in [0.2, 0.25) is 0 Å². The number of hydrogen-bond donors (Lipinski definition) is 0. The van der Waals surface area contributed by atoms with Crippen molar-refractivity contribution in [2.24, 2.45) is 0 Å². The molecule has 0 heterocycles. The highest BCUT2D eigenvalue weighted by molar-refractivity contribution is 6.30. The molecular formula is C15H19ClO3. The van der Waals surface area contributed by atoms with E-state index in [0.717, 1.165) is 6.42 Å². The second-order valence-corrected chi connectivity index (χ2v) is 4.82. The zero-order valence-electron chi connectivity index (χ0n) is 11.3. The SMILES string of the molecule is CCCC(=O)OC(C(=O)CCC)c1ccc(Cl)cc1. The summed E-state index contributed by atoms with van der Waals surface area (Å²) in [5.74, 6) is -0.416. The topological polar surface area (TPSA) is 43.4 Å². The van der Waals surface area contributed by atoms with Gasteiger partial charge in [0, 0.05) is 23.4 Å². The minimum absolute atomic E-state index is 0.0747. The molecule has 1 aromatic carbocycles. The van der Waals surface area contributed by atoms with Crippen molar-refractivity contribution in [1.82, 2.24) is 0 Å². The molecule has 4 heteroatoms. The molecule has 1 aromatic rings. The minimum Gasteiger partial charge on any atom is -0.449 e. The van der Waals surface area contributed by atoms with Crippen molar-refractivity contribution in [3.05, 3.63) is 34.9 Å². The van der Waals surface area contributed by atoms with E-state index < -0.39 is 6.10 Å². The Hall–Kier alpha value is -1.35. The highest BCUT2D eigenvalue weighted by Gasteiger charge is 2.23. The molecule has 104 valence electrons. The Labute approximate surface area is 118 Å². The molecular weight excluding hydrogens is 264 g/mol. The summed E-state index contributed by atoms with van der Waals surface area (Å²) in [6, 6.07) is 6.83. The van der Waals surface area contributed by atoms with Crippen LogP contribution in [0.25, 0.3) is 0 Å². The van der Waals surface area contributed by atoms with Gasteiger partial charge in [0.25, 0.3) is 0 Å². The molecule has 1 rings (SSSR count). The Morgan fingerprint density at radius 2 is 1.68 bits per heavy atom. The molecule has 0 amide bonds. The Morgan fingerprint density at radius 3 is 2.21 bits per heavy atom. The average Bonchev–Trinajstić information content (AvgIpc) is 2.38. The van der Waals surface area contributed by atoms with Crippen molar-refractivity contribution < 1.29 is 14.3 Å². The molecule has 3 nitrogen and oxygen atoms in total. The fourth-order valence-electron chi connectivity index (χ4n) is 1.73. The number of ether oxygens (including phenoxy) is 1. The van der Waals surface area contributed by atoms with Crippen LogP contribution in [-0.4, -0.2) is 11.8 Å². The van der Waals surface area contributed by atoms with Crippen LogP contribution in [0.5, 0.6) is 0 Å². The van der Waals surface area contributed by atoms with Gasteiger partial charge in [-0.25, -0.2) is 0 Å². The van der Waals surface area contributed by atoms with E-state index in [0.29, 0.717) is 29.8 Å². The second kappa shape index (κ2) is 7.95. The predicted molar refractivity (Wildman–Crippen MR) is 75.1 cm³/mol. The zero-order valence-corrected chi connectivity index (χ0v) is 12.1. The number of ketones is 1. The van der Waals surface area contributed by atoms with Crippen LogP contribution in [-0.2, 0) is 14.3 Å². The van der Waals surface area contributed by atoms with Gasteiger partial charge in [-0.1, -0.05) is 37.6 Å². The molecule has 0 aromatic heterocycles.